The zero-order chi connectivity index (χ0) is 18.3. The minimum absolute atomic E-state index is 0.104. The third-order valence-corrected chi connectivity index (χ3v) is 3.82. The first-order valence-corrected chi connectivity index (χ1v) is 7.70. The number of carbonyl (C=O) groups excluding carboxylic acids is 1. The van der Waals surface area contributed by atoms with Crippen molar-refractivity contribution in [3.63, 3.8) is 0 Å². The van der Waals surface area contributed by atoms with Crippen LogP contribution in [0.1, 0.15) is 72.1 Å². The fourth-order valence-electron chi connectivity index (χ4n) is 2.83. The molecule has 0 amide bonds. The van der Waals surface area contributed by atoms with Crippen LogP contribution in [0.5, 0.6) is 11.5 Å². The molecule has 0 atom stereocenters. The van der Waals surface area contributed by atoms with Crippen LogP contribution in [-0.2, 0) is 15.6 Å². The fourth-order valence-corrected chi connectivity index (χ4v) is 2.83. The van der Waals surface area contributed by atoms with Crippen LogP contribution in [0.15, 0.2) is 11.8 Å². The molecule has 3 N–H and O–H groups in total. The number of phenols is 2. The molecule has 0 saturated carbocycles. The molecule has 0 saturated heterocycles. The van der Waals surface area contributed by atoms with E-state index >= 15 is 0 Å². The Kier molecular flexibility index (Phi) is 4.90. The summed E-state index contributed by atoms with van der Waals surface area (Å²) in [5.74, 6) is -0.807. The predicted octanol–water partition coefficient (Wildman–Crippen LogP) is 4.57. The first-order chi connectivity index (χ1) is 10.2. The van der Waals surface area contributed by atoms with E-state index in [1.807, 2.05) is 41.5 Å². The highest BCUT2D eigenvalue weighted by atomic mass is 16.3. The van der Waals surface area contributed by atoms with E-state index in [4.69, 9.17) is 0 Å². The number of benzene rings is 1. The summed E-state index contributed by atoms with van der Waals surface area (Å²) in [4.78, 5) is 12.1. The molecule has 1 aromatic rings. The lowest BCUT2D eigenvalue weighted by molar-refractivity contribution is -0.111. The Morgan fingerprint density at radius 2 is 1.39 bits per heavy atom. The number of hydrogen-bond donors (Lipinski definition) is 3. The highest BCUT2D eigenvalue weighted by Crippen LogP contribution is 2.47. The van der Waals surface area contributed by atoms with Crippen LogP contribution < -0.4 is 0 Å². The van der Waals surface area contributed by atoms with E-state index in [9.17, 15) is 20.1 Å². The molecule has 1 aromatic carbocycles. The quantitative estimate of drug-likeness (QED) is 0.424. The molecule has 1 rings (SSSR count). The Hall–Kier alpha value is -1.97. The summed E-state index contributed by atoms with van der Waals surface area (Å²) < 4.78 is 0. The molecule has 0 aliphatic heterocycles. The Morgan fingerprint density at radius 3 is 1.70 bits per heavy atom. The van der Waals surface area contributed by atoms with Crippen LogP contribution >= 0.6 is 0 Å². The van der Waals surface area contributed by atoms with E-state index in [2.05, 4.69) is 0 Å². The van der Waals surface area contributed by atoms with Crippen LogP contribution in [0.3, 0.4) is 0 Å². The van der Waals surface area contributed by atoms with Crippen molar-refractivity contribution < 1.29 is 20.1 Å². The smallest absolute Gasteiger partial charge is 0.163 e. The molecule has 0 bridgehead atoms. The van der Waals surface area contributed by atoms with Gasteiger partial charge in [0.1, 0.15) is 5.76 Å². The van der Waals surface area contributed by atoms with Crippen LogP contribution in [0.4, 0.5) is 0 Å². The average molecular weight is 320 g/mol. The Bertz CT molecular complexity index is 664. The molecule has 0 radical (unpaired) electrons. The number of aliphatic hydroxyl groups is 1. The number of hydrogen-bond acceptors (Lipinski definition) is 4. The van der Waals surface area contributed by atoms with E-state index in [1.165, 1.54) is 13.8 Å². The molecule has 0 aliphatic carbocycles. The van der Waals surface area contributed by atoms with Crippen molar-refractivity contribution in [3.8, 4) is 11.5 Å². The number of ketones is 1. The zero-order valence-corrected chi connectivity index (χ0v) is 15.3. The molecular weight excluding hydrogens is 292 g/mol. The molecule has 0 heterocycles. The van der Waals surface area contributed by atoms with Gasteiger partial charge in [-0.05, 0) is 36.3 Å². The van der Waals surface area contributed by atoms with Gasteiger partial charge in [0.05, 0.1) is 5.57 Å². The monoisotopic (exact) mass is 320 g/mol. The van der Waals surface area contributed by atoms with Crippen molar-refractivity contribution in [2.45, 2.75) is 66.2 Å². The van der Waals surface area contributed by atoms with Crippen molar-refractivity contribution in [3.05, 3.63) is 28.5 Å². The van der Waals surface area contributed by atoms with E-state index < -0.39 is 10.8 Å². The zero-order valence-electron chi connectivity index (χ0n) is 15.3. The SMILES string of the molecule is CC(=O)/C(=C(\C)O)c1cc(C(C)(C)C)c(O)c(O)c1C(C)(C)C. The second-order valence-corrected chi connectivity index (χ2v) is 8.06. The first kappa shape index (κ1) is 19.1. The maximum atomic E-state index is 12.1. The molecule has 0 spiro atoms. The third-order valence-electron chi connectivity index (χ3n) is 3.82. The van der Waals surface area contributed by atoms with Gasteiger partial charge in [-0.15, -0.1) is 0 Å². The molecular formula is C19H28O4. The maximum absolute atomic E-state index is 12.1. The molecule has 0 fully saturated rings. The van der Waals surface area contributed by atoms with Gasteiger partial charge in [0.25, 0.3) is 0 Å². The van der Waals surface area contributed by atoms with Gasteiger partial charge < -0.3 is 15.3 Å². The standard InChI is InChI=1S/C19H28O4/c1-10(20)14(11(2)21)12-9-13(18(3,4)5)16(22)17(23)15(12)19(6,7)8/h9,20,22-23H,1-8H3/b14-10-. The highest BCUT2D eigenvalue weighted by molar-refractivity contribution is 6.20. The molecule has 4 nitrogen and oxygen atoms in total. The topological polar surface area (TPSA) is 77.8 Å². The number of Topliss-reactive ketones (excluding diaryl/α,β-unsaturated/α-hetero) is 1. The van der Waals surface area contributed by atoms with Crippen molar-refractivity contribution >= 4 is 11.4 Å². The van der Waals surface area contributed by atoms with Gasteiger partial charge in [-0.25, -0.2) is 0 Å². The first-order valence-electron chi connectivity index (χ1n) is 7.70. The van der Waals surface area contributed by atoms with E-state index in [1.54, 1.807) is 6.07 Å². The summed E-state index contributed by atoms with van der Waals surface area (Å²) >= 11 is 0. The molecule has 128 valence electrons. The van der Waals surface area contributed by atoms with Gasteiger partial charge in [0.2, 0.25) is 0 Å². The lowest BCUT2D eigenvalue weighted by atomic mass is 9.76. The van der Waals surface area contributed by atoms with E-state index in [0.717, 1.165) is 0 Å². The number of phenolic OH excluding ortho intramolecular Hbond substituents is 2. The highest BCUT2D eigenvalue weighted by Gasteiger charge is 2.32. The largest absolute Gasteiger partial charge is 0.512 e. The summed E-state index contributed by atoms with van der Waals surface area (Å²) in [6, 6.07) is 1.70. The lowest BCUT2D eigenvalue weighted by Gasteiger charge is -2.29. The normalized spacial score (nSPS) is 13.7. The third kappa shape index (κ3) is 3.69. The minimum atomic E-state index is -0.524. The second-order valence-electron chi connectivity index (χ2n) is 8.06. The van der Waals surface area contributed by atoms with Crippen LogP contribution in [0, 0.1) is 0 Å². The fraction of sp³-hybridized carbons (Fsp3) is 0.526. The molecule has 0 aliphatic rings. The number of aliphatic hydroxyl groups excluding tert-OH is 1. The van der Waals surface area contributed by atoms with Crippen LogP contribution in [0.25, 0.3) is 5.57 Å². The van der Waals surface area contributed by atoms with Gasteiger partial charge in [-0.2, -0.15) is 0 Å². The van der Waals surface area contributed by atoms with Gasteiger partial charge in [-0.3, -0.25) is 4.79 Å². The van der Waals surface area contributed by atoms with Gasteiger partial charge in [-0.1, -0.05) is 41.5 Å². The summed E-state index contributed by atoms with van der Waals surface area (Å²) in [5.41, 5.74) is 0.641. The molecule has 4 heteroatoms. The van der Waals surface area contributed by atoms with Crippen molar-refractivity contribution in [2.75, 3.05) is 0 Å². The number of allylic oxidation sites excluding steroid dienone is 2. The van der Waals surface area contributed by atoms with Crippen LogP contribution in [-0.4, -0.2) is 21.1 Å². The van der Waals surface area contributed by atoms with Crippen molar-refractivity contribution in [1.29, 1.82) is 0 Å². The molecule has 0 unspecified atom stereocenters. The van der Waals surface area contributed by atoms with E-state index in [0.29, 0.717) is 16.7 Å². The summed E-state index contributed by atoms with van der Waals surface area (Å²) in [7, 11) is 0. The van der Waals surface area contributed by atoms with Crippen molar-refractivity contribution in [1.82, 2.24) is 0 Å². The van der Waals surface area contributed by atoms with Gasteiger partial charge in [0.15, 0.2) is 17.3 Å². The maximum Gasteiger partial charge on any atom is 0.163 e. The Morgan fingerprint density at radius 1 is 0.913 bits per heavy atom. The second kappa shape index (κ2) is 5.91. The van der Waals surface area contributed by atoms with Crippen molar-refractivity contribution in [2.24, 2.45) is 0 Å². The summed E-state index contributed by atoms with van der Waals surface area (Å²) in [6.45, 7) is 14.2. The lowest BCUT2D eigenvalue weighted by Crippen LogP contribution is -2.19. The summed E-state index contributed by atoms with van der Waals surface area (Å²) in [5, 5.41) is 31.0. The molecule has 0 aromatic heterocycles. The molecule has 23 heavy (non-hydrogen) atoms. The summed E-state index contributed by atoms with van der Waals surface area (Å²) in [6.07, 6.45) is 0. The van der Waals surface area contributed by atoms with Gasteiger partial charge >= 0.3 is 0 Å². The van der Waals surface area contributed by atoms with Crippen LogP contribution in [0.2, 0.25) is 0 Å². The average Bonchev–Trinajstić information content (AvgIpc) is 2.29. The number of carbonyl (C=O) groups is 1. The number of aromatic hydroxyl groups is 2. The van der Waals surface area contributed by atoms with E-state index in [-0.39, 0.29) is 28.6 Å². The predicted molar refractivity (Wildman–Crippen MR) is 93.1 cm³/mol. The Balaban J connectivity index is 4.05. The van der Waals surface area contributed by atoms with Gasteiger partial charge in [0, 0.05) is 11.1 Å². The Labute approximate surface area is 138 Å². The minimum Gasteiger partial charge on any atom is -0.512 e. The number of rotatable bonds is 2.